The summed E-state index contributed by atoms with van der Waals surface area (Å²) < 4.78 is 10.4. The second kappa shape index (κ2) is 5.44. The predicted molar refractivity (Wildman–Crippen MR) is 73.5 cm³/mol. The van der Waals surface area contributed by atoms with Gasteiger partial charge in [0.05, 0.1) is 19.8 Å². The number of amides is 1. The van der Waals surface area contributed by atoms with Crippen LogP contribution in [0.2, 0.25) is 0 Å². The summed E-state index contributed by atoms with van der Waals surface area (Å²) in [4.78, 5) is 11.6. The Kier molecular flexibility index (Phi) is 3.71. The van der Waals surface area contributed by atoms with Crippen molar-refractivity contribution in [2.75, 3.05) is 14.2 Å². The molecule has 2 aromatic rings. The van der Waals surface area contributed by atoms with Crippen molar-refractivity contribution in [3.63, 3.8) is 0 Å². The van der Waals surface area contributed by atoms with Crippen LogP contribution in [0.25, 0.3) is 11.1 Å². The average Bonchev–Trinajstić information content (AvgIpc) is 2.46. The van der Waals surface area contributed by atoms with E-state index in [4.69, 9.17) is 15.2 Å². The van der Waals surface area contributed by atoms with Crippen LogP contribution >= 0.6 is 0 Å². The molecule has 0 aromatic heterocycles. The van der Waals surface area contributed by atoms with Crippen LogP contribution in [0, 0.1) is 0 Å². The van der Waals surface area contributed by atoms with Gasteiger partial charge in [-0.2, -0.15) is 0 Å². The molecule has 98 valence electrons. The summed E-state index contributed by atoms with van der Waals surface area (Å²) >= 11 is 0. The van der Waals surface area contributed by atoms with Gasteiger partial charge >= 0.3 is 0 Å². The lowest BCUT2D eigenvalue weighted by molar-refractivity contribution is 0.100. The average molecular weight is 257 g/mol. The number of hydrogen-bond acceptors (Lipinski definition) is 3. The molecule has 0 unspecified atom stereocenters. The van der Waals surface area contributed by atoms with Crippen LogP contribution in [-0.2, 0) is 0 Å². The topological polar surface area (TPSA) is 61.5 Å². The first-order chi connectivity index (χ1) is 9.17. The number of primary amides is 1. The number of rotatable bonds is 4. The fraction of sp³-hybridized carbons (Fsp3) is 0.133. The fourth-order valence-corrected chi connectivity index (χ4v) is 1.94. The van der Waals surface area contributed by atoms with E-state index in [0.29, 0.717) is 17.1 Å². The number of methoxy groups -OCH3 is 2. The molecule has 0 heterocycles. The zero-order valence-electron chi connectivity index (χ0n) is 10.8. The van der Waals surface area contributed by atoms with Gasteiger partial charge < -0.3 is 15.2 Å². The summed E-state index contributed by atoms with van der Waals surface area (Å²) in [6.45, 7) is 0. The molecule has 0 bridgehead atoms. The molecule has 0 saturated carbocycles. The van der Waals surface area contributed by atoms with Gasteiger partial charge in [-0.3, -0.25) is 4.79 Å². The number of nitrogens with two attached hydrogens (primary N) is 1. The third kappa shape index (κ3) is 2.52. The van der Waals surface area contributed by atoms with Gasteiger partial charge in [0, 0.05) is 0 Å². The Bertz CT molecular complexity index is 594. The van der Waals surface area contributed by atoms with E-state index in [0.717, 1.165) is 11.1 Å². The molecule has 2 rings (SSSR count). The quantitative estimate of drug-likeness (QED) is 0.915. The SMILES string of the molecule is COc1cc(C(N)=O)c(-c2ccccc2)cc1OC. The zero-order chi connectivity index (χ0) is 13.8. The van der Waals surface area contributed by atoms with Crippen LogP contribution in [0.4, 0.5) is 0 Å². The van der Waals surface area contributed by atoms with E-state index in [9.17, 15) is 4.79 Å². The van der Waals surface area contributed by atoms with Gasteiger partial charge in [0.2, 0.25) is 5.91 Å². The van der Waals surface area contributed by atoms with E-state index in [1.54, 1.807) is 19.2 Å². The molecule has 0 fully saturated rings. The van der Waals surface area contributed by atoms with E-state index < -0.39 is 5.91 Å². The van der Waals surface area contributed by atoms with Gasteiger partial charge in [0.25, 0.3) is 0 Å². The first kappa shape index (κ1) is 13.0. The normalized spacial score (nSPS) is 10.0. The minimum absolute atomic E-state index is 0.406. The van der Waals surface area contributed by atoms with Crippen LogP contribution in [0.15, 0.2) is 42.5 Å². The summed E-state index contributed by atoms with van der Waals surface area (Å²) in [5.41, 5.74) is 7.47. The first-order valence-electron chi connectivity index (χ1n) is 5.78. The van der Waals surface area contributed by atoms with Gasteiger partial charge in [-0.1, -0.05) is 30.3 Å². The molecule has 4 heteroatoms. The summed E-state index contributed by atoms with van der Waals surface area (Å²) in [5.74, 6) is 0.544. The van der Waals surface area contributed by atoms with Crippen molar-refractivity contribution in [2.45, 2.75) is 0 Å². The molecular weight excluding hydrogens is 242 g/mol. The van der Waals surface area contributed by atoms with E-state index in [2.05, 4.69) is 0 Å². The minimum Gasteiger partial charge on any atom is -0.493 e. The van der Waals surface area contributed by atoms with Gasteiger partial charge in [-0.05, 0) is 23.3 Å². The van der Waals surface area contributed by atoms with Gasteiger partial charge in [-0.15, -0.1) is 0 Å². The maximum Gasteiger partial charge on any atom is 0.249 e. The lowest BCUT2D eigenvalue weighted by Gasteiger charge is -2.13. The number of carbonyl (C=O) groups excluding carboxylic acids is 1. The third-order valence-corrected chi connectivity index (χ3v) is 2.87. The highest BCUT2D eigenvalue weighted by Crippen LogP contribution is 2.35. The highest BCUT2D eigenvalue weighted by Gasteiger charge is 2.15. The monoisotopic (exact) mass is 257 g/mol. The molecule has 0 aliphatic heterocycles. The van der Waals surface area contributed by atoms with Crippen LogP contribution in [0.3, 0.4) is 0 Å². The fourth-order valence-electron chi connectivity index (χ4n) is 1.94. The molecule has 0 aliphatic rings. The van der Waals surface area contributed by atoms with Crippen molar-refractivity contribution in [3.05, 3.63) is 48.0 Å². The highest BCUT2D eigenvalue weighted by molar-refractivity contribution is 6.00. The van der Waals surface area contributed by atoms with Crippen LogP contribution in [0.1, 0.15) is 10.4 Å². The van der Waals surface area contributed by atoms with Crippen molar-refractivity contribution in [1.29, 1.82) is 0 Å². The van der Waals surface area contributed by atoms with E-state index in [-0.39, 0.29) is 0 Å². The summed E-state index contributed by atoms with van der Waals surface area (Å²) in [6.07, 6.45) is 0. The van der Waals surface area contributed by atoms with Crippen molar-refractivity contribution < 1.29 is 14.3 Å². The largest absolute Gasteiger partial charge is 0.493 e. The summed E-state index contributed by atoms with van der Waals surface area (Å²) in [6, 6.07) is 12.9. The van der Waals surface area contributed by atoms with Crippen molar-refractivity contribution in [1.82, 2.24) is 0 Å². The molecule has 4 nitrogen and oxygen atoms in total. The maximum atomic E-state index is 11.6. The molecule has 19 heavy (non-hydrogen) atoms. The summed E-state index contributed by atoms with van der Waals surface area (Å²) in [7, 11) is 3.07. The Labute approximate surface area is 111 Å². The third-order valence-electron chi connectivity index (χ3n) is 2.87. The predicted octanol–water partition coefficient (Wildman–Crippen LogP) is 2.47. The van der Waals surface area contributed by atoms with E-state index >= 15 is 0 Å². The molecule has 0 radical (unpaired) electrons. The maximum absolute atomic E-state index is 11.6. The summed E-state index contributed by atoms with van der Waals surface area (Å²) in [5, 5.41) is 0. The van der Waals surface area contributed by atoms with E-state index in [1.165, 1.54) is 7.11 Å². The number of benzene rings is 2. The van der Waals surface area contributed by atoms with Gasteiger partial charge in [-0.25, -0.2) is 0 Å². The Balaban J connectivity index is 2.68. The Morgan fingerprint density at radius 2 is 1.58 bits per heavy atom. The number of hydrogen-bond donors (Lipinski definition) is 1. The van der Waals surface area contributed by atoms with Crippen molar-refractivity contribution in [3.8, 4) is 22.6 Å². The van der Waals surface area contributed by atoms with Crippen molar-refractivity contribution >= 4 is 5.91 Å². The van der Waals surface area contributed by atoms with Crippen LogP contribution in [-0.4, -0.2) is 20.1 Å². The minimum atomic E-state index is -0.500. The lowest BCUT2D eigenvalue weighted by Crippen LogP contribution is -2.13. The second-order valence-corrected chi connectivity index (χ2v) is 3.98. The van der Waals surface area contributed by atoms with E-state index in [1.807, 2.05) is 30.3 Å². The molecule has 2 N–H and O–H groups in total. The molecule has 2 aromatic carbocycles. The molecule has 0 spiro atoms. The Morgan fingerprint density at radius 3 is 2.11 bits per heavy atom. The number of ether oxygens (including phenoxy) is 2. The van der Waals surface area contributed by atoms with Crippen LogP contribution in [0.5, 0.6) is 11.5 Å². The molecular formula is C15H15NO3. The highest BCUT2D eigenvalue weighted by atomic mass is 16.5. The Hall–Kier alpha value is -2.49. The van der Waals surface area contributed by atoms with Gasteiger partial charge in [0.1, 0.15) is 0 Å². The molecule has 1 amide bonds. The second-order valence-electron chi connectivity index (χ2n) is 3.98. The smallest absolute Gasteiger partial charge is 0.249 e. The lowest BCUT2D eigenvalue weighted by atomic mass is 9.98. The molecule has 0 saturated heterocycles. The van der Waals surface area contributed by atoms with Gasteiger partial charge in [0.15, 0.2) is 11.5 Å². The zero-order valence-corrected chi connectivity index (χ0v) is 10.8. The number of carbonyl (C=O) groups is 1. The van der Waals surface area contributed by atoms with Crippen LogP contribution < -0.4 is 15.2 Å². The molecule has 0 aliphatic carbocycles. The van der Waals surface area contributed by atoms with Crippen molar-refractivity contribution in [2.24, 2.45) is 5.73 Å². The molecule has 0 atom stereocenters. The first-order valence-corrected chi connectivity index (χ1v) is 5.78. The standard InChI is InChI=1S/C15H15NO3/c1-18-13-8-11(10-6-4-3-5-7-10)12(15(16)17)9-14(13)19-2/h3-9H,1-2H3,(H2,16,17). The Morgan fingerprint density at radius 1 is 1.00 bits per heavy atom.